The van der Waals surface area contributed by atoms with Crippen LogP contribution in [0, 0.1) is 0 Å². The lowest BCUT2D eigenvalue weighted by atomic mass is 10.1. The predicted molar refractivity (Wildman–Crippen MR) is 74.8 cm³/mol. The molecule has 1 amide bonds. The molecule has 0 aliphatic rings. The number of halogens is 1. The zero-order valence-electron chi connectivity index (χ0n) is 10.8. The summed E-state index contributed by atoms with van der Waals surface area (Å²) in [7, 11) is 1.79. The Bertz CT molecular complexity index is 539. The Labute approximate surface area is 117 Å². The van der Waals surface area contributed by atoms with Gasteiger partial charge in [-0.3, -0.25) is 9.89 Å². The molecule has 19 heavy (non-hydrogen) atoms. The summed E-state index contributed by atoms with van der Waals surface area (Å²) in [6, 6.07) is 7.61. The highest BCUT2D eigenvalue weighted by molar-refractivity contribution is 6.31. The van der Waals surface area contributed by atoms with Crippen molar-refractivity contribution in [3.05, 3.63) is 52.8 Å². The monoisotopic (exact) mass is 277 g/mol. The van der Waals surface area contributed by atoms with Crippen LogP contribution in [-0.2, 0) is 17.8 Å². The first-order chi connectivity index (χ1) is 9.16. The summed E-state index contributed by atoms with van der Waals surface area (Å²) in [5.74, 6) is 0.0983. The molecule has 0 saturated heterocycles. The molecule has 0 unspecified atom stereocenters. The van der Waals surface area contributed by atoms with E-state index < -0.39 is 0 Å². The molecule has 1 aromatic carbocycles. The summed E-state index contributed by atoms with van der Waals surface area (Å²) in [5.41, 5.74) is 2.00. The van der Waals surface area contributed by atoms with Crippen LogP contribution in [0.3, 0.4) is 0 Å². The maximum Gasteiger partial charge on any atom is 0.222 e. The summed E-state index contributed by atoms with van der Waals surface area (Å²) in [6.07, 6.45) is 4.63. The second kappa shape index (κ2) is 6.38. The van der Waals surface area contributed by atoms with E-state index in [1.165, 1.54) is 0 Å². The van der Waals surface area contributed by atoms with Gasteiger partial charge in [0.15, 0.2) is 0 Å². The Morgan fingerprint density at radius 2 is 2.21 bits per heavy atom. The second-order valence-electron chi connectivity index (χ2n) is 4.45. The average molecular weight is 278 g/mol. The van der Waals surface area contributed by atoms with Gasteiger partial charge in [0, 0.05) is 36.8 Å². The van der Waals surface area contributed by atoms with Crippen LogP contribution < -0.4 is 0 Å². The zero-order chi connectivity index (χ0) is 13.7. The minimum atomic E-state index is 0.0983. The number of hydrogen-bond donors (Lipinski definition) is 1. The number of rotatable bonds is 5. The molecule has 0 saturated carbocycles. The first-order valence-electron chi connectivity index (χ1n) is 6.12. The fourth-order valence-corrected chi connectivity index (χ4v) is 2.09. The first kappa shape index (κ1) is 13.6. The number of amides is 1. The normalized spacial score (nSPS) is 10.4. The fourth-order valence-electron chi connectivity index (χ4n) is 1.86. The third-order valence-corrected chi connectivity index (χ3v) is 3.34. The highest BCUT2D eigenvalue weighted by Gasteiger charge is 2.10. The van der Waals surface area contributed by atoms with Crippen molar-refractivity contribution >= 4 is 17.5 Å². The number of hydrogen-bond acceptors (Lipinski definition) is 2. The molecule has 0 spiro atoms. The van der Waals surface area contributed by atoms with Gasteiger partial charge in [0.2, 0.25) is 5.91 Å². The van der Waals surface area contributed by atoms with E-state index in [1.807, 2.05) is 24.3 Å². The van der Waals surface area contributed by atoms with E-state index in [-0.39, 0.29) is 5.91 Å². The van der Waals surface area contributed by atoms with Gasteiger partial charge in [-0.15, -0.1) is 0 Å². The molecule has 100 valence electrons. The van der Waals surface area contributed by atoms with Crippen LogP contribution in [0.25, 0.3) is 0 Å². The third kappa shape index (κ3) is 3.83. The van der Waals surface area contributed by atoms with Gasteiger partial charge in [-0.25, -0.2) is 0 Å². The van der Waals surface area contributed by atoms with Crippen molar-refractivity contribution in [3.63, 3.8) is 0 Å². The van der Waals surface area contributed by atoms with Gasteiger partial charge in [0.25, 0.3) is 0 Å². The van der Waals surface area contributed by atoms with Gasteiger partial charge >= 0.3 is 0 Å². The van der Waals surface area contributed by atoms with Crippen LogP contribution >= 0.6 is 11.6 Å². The molecule has 0 radical (unpaired) electrons. The molecule has 0 aliphatic carbocycles. The van der Waals surface area contributed by atoms with Crippen LogP contribution in [0.2, 0.25) is 5.02 Å². The Morgan fingerprint density at radius 3 is 2.89 bits per heavy atom. The summed E-state index contributed by atoms with van der Waals surface area (Å²) in [4.78, 5) is 13.7. The van der Waals surface area contributed by atoms with Crippen molar-refractivity contribution in [1.82, 2.24) is 15.1 Å². The molecule has 2 aromatic rings. The van der Waals surface area contributed by atoms with Crippen molar-refractivity contribution in [1.29, 1.82) is 0 Å². The number of carbonyl (C=O) groups is 1. The van der Waals surface area contributed by atoms with Crippen molar-refractivity contribution in [2.75, 3.05) is 7.05 Å². The number of carbonyl (C=O) groups excluding carboxylic acids is 1. The van der Waals surface area contributed by atoms with E-state index in [1.54, 1.807) is 24.3 Å². The molecule has 0 aliphatic heterocycles. The molecule has 0 atom stereocenters. The van der Waals surface area contributed by atoms with E-state index in [0.717, 1.165) is 11.1 Å². The Kier molecular flexibility index (Phi) is 4.58. The van der Waals surface area contributed by atoms with Gasteiger partial charge in [0.1, 0.15) is 0 Å². The summed E-state index contributed by atoms with van der Waals surface area (Å²) >= 11 is 6.07. The lowest BCUT2D eigenvalue weighted by molar-refractivity contribution is -0.130. The van der Waals surface area contributed by atoms with Gasteiger partial charge in [-0.2, -0.15) is 5.10 Å². The minimum absolute atomic E-state index is 0.0983. The molecule has 4 nitrogen and oxygen atoms in total. The van der Waals surface area contributed by atoms with Gasteiger partial charge in [-0.1, -0.05) is 29.8 Å². The number of nitrogens with zero attached hydrogens (tertiary/aromatic N) is 2. The van der Waals surface area contributed by atoms with Crippen molar-refractivity contribution in [3.8, 4) is 0 Å². The van der Waals surface area contributed by atoms with Gasteiger partial charge < -0.3 is 4.90 Å². The highest BCUT2D eigenvalue weighted by atomic mass is 35.5. The topological polar surface area (TPSA) is 49.0 Å². The second-order valence-corrected chi connectivity index (χ2v) is 4.85. The highest BCUT2D eigenvalue weighted by Crippen LogP contribution is 2.17. The molecular weight excluding hydrogens is 262 g/mol. The molecule has 0 bridgehead atoms. The number of aryl methyl sites for hydroxylation is 1. The molecule has 5 heteroatoms. The summed E-state index contributed by atoms with van der Waals surface area (Å²) in [6.45, 7) is 0.567. The van der Waals surface area contributed by atoms with Gasteiger partial charge in [0.05, 0.1) is 6.20 Å². The van der Waals surface area contributed by atoms with Crippen molar-refractivity contribution in [2.24, 2.45) is 0 Å². The maximum absolute atomic E-state index is 12.0. The lowest BCUT2D eigenvalue weighted by Gasteiger charge is -2.16. The van der Waals surface area contributed by atoms with E-state index in [9.17, 15) is 4.79 Å². The quantitative estimate of drug-likeness (QED) is 0.913. The van der Waals surface area contributed by atoms with Crippen LogP contribution in [0.5, 0.6) is 0 Å². The van der Waals surface area contributed by atoms with E-state index in [2.05, 4.69) is 10.2 Å². The van der Waals surface area contributed by atoms with E-state index >= 15 is 0 Å². The molecular formula is C14H16ClN3O. The predicted octanol–water partition coefficient (Wildman–Crippen LogP) is 2.65. The molecule has 1 aromatic heterocycles. The SMILES string of the molecule is CN(Cc1cn[nH]c1)C(=O)CCc1ccccc1Cl. The van der Waals surface area contributed by atoms with Crippen molar-refractivity contribution < 1.29 is 4.79 Å². The Morgan fingerprint density at radius 1 is 1.42 bits per heavy atom. The van der Waals surface area contributed by atoms with Crippen LogP contribution in [0.15, 0.2) is 36.7 Å². The lowest BCUT2D eigenvalue weighted by Crippen LogP contribution is -2.26. The average Bonchev–Trinajstić information content (AvgIpc) is 2.90. The van der Waals surface area contributed by atoms with Crippen LogP contribution in [0.1, 0.15) is 17.5 Å². The standard InChI is InChI=1S/C14H16ClN3O/c1-18(10-11-8-16-17-9-11)14(19)7-6-12-4-2-3-5-13(12)15/h2-5,8-9H,6-7,10H2,1H3,(H,16,17). The summed E-state index contributed by atoms with van der Waals surface area (Å²) < 4.78 is 0. The number of benzene rings is 1. The Balaban J connectivity index is 1.86. The van der Waals surface area contributed by atoms with E-state index in [4.69, 9.17) is 11.6 Å². The number of nitrogens with one attached hydrogen (secondary N) is 1. The maximum atomic E-state index is 12.0. The smallest absolute Gasteiger partial charge is 0.222 e. The molecule has 1 N–H and O–H groups in total. The summed E-state index contributed by atoms with van der Waals surface area (Å²) in [5, 5.41) is 7.31. The zero-order valence-corrected chi connectivity index (χ0v) is 11.5. The number of H-pyrrole nitrogens is 1. The fraction of sp³-hybridized carbons (Fsp3) is 0.286. The first-order valence-corrected chi connectivity index (χ1v) is 6.49. The number of aromatic amines is 1. The molecule has 0 fully saturated rings. The Hall–Kier alpha value is -1.81. The van der Waals surface area contributed by atoms with E-state index in [0.29, 0.717) is 24.4 Å². The largest absolute Gasteiger partial charge is 0.341 e. The number of aromatic nitrogens is 2. The molecule has 1 heterocycles. The van der Waals surface area contributed by atoms with Crippen LogP contribution in [0.4, 0.5) is 0 Å². The minimum Gasteiger partial charge on any atom is -0.341 e. The molecule has 2 rings (SSSR count). The third-order valence-electron chi connectivity index (χ3n) is 2.97. The van der Waals surface area contributed by atoms with Crippen LogP contribution in [-0.4, -0.2) is 28.1 Å². The van der Waals surface area contributed by atoms with Crippen molar-refractivity contribution in [2.45, 2.75) is 19.4 Å². The van der Waals surface area contributed by atoms with Gasteiger partial charge in [-0.05, 0) is 18.1 Å².